The van der Waals surface area contributed by atoms with E-state index in [4.69, 9.17) is 0 Å². The normalized spacial score (nSPS) is 28.8. The van der Waals surface area contributed by atoms with E-state index in [9.17, 15) is 0 Å². The average molecular weight is 152 g/mol. The summed E-state index contributed by atoms with van der Waals surface area (Å²) in [5, 5.41) is 0. The van der Waals surface area contributed by atoms with Gasteiger partial charge >= 0.3 is 0 Å². The van der Waals surface area contributed by atoms with E-state index in [0.29, 0.717) is 5.50 Å². The second-order valence-electron chi connectivity index (χ2n) is 2.13. The molecule has 2 aliphatic rings. The van der Waals surface area contributed by atoms with Gasteiger partial charge in [0.1, 0.15) is 0 Å². The number of nitrogens with zero attached hydrogens (tertiary/aromatic N) is 2. The number of allylic oxidation sites excluding steroid dienone is 1. The van der Waals surface area contributed by atoms with Gasteiger partial charge in [-0.05, 0) is 6.08 Å². The Hall–Kier alpha value is -0.700. The molecule has 1 atom stereocenters. The molecule has 0 spiro atoms. The van der Waals surface area contributed by atoms with Gasteiger partial charge in [0.2, 0.25) is 0 Å². The summed E-state index contributed by atoms with van der Waals surface area (Å²) < 4.78 is 0. The van der Waals surface area contributed by atoms with Crippen molar-refractivity contribution < 1.29 is 0 Å². The van der Waals surface area contributed by atoms with Crippen molar-refractivity contribution in [3.8, 4) is 0 Å². The standard InChI is InChI=1S/C7H8N2S/c1-3-8-7-9(4-1)5-2-6-10-7/h1-5,7H,6H2. The van der Waals surface area contributed by atoms with Crippen LogP contribution in [0.1, 0.15) is 0 Å². The van der Waals surface area contributed by atoms with E-state index in [1.807, 2.05) is 30.3 Å². The van der Waals surface area contributed by atoms with Crippen LogP contribution in [0, 0.1) is 0 Å². The molecule has 10 heavy (non-hydrogen) atoms. The Bertz CT molecular complexity index is 208. The minimum absolute atomic E-state index is 0.301. The minimum atomic E-state index is 0.301. The van der Waals surface area contributed by atoms with Crippen LogP contribution in [-0.4, -0.2) is 22.4 Å². The molecule has 0 bridgehead atoms. The Kier molecular flexibility index (Phi) is 1.51. The van der Waals surface area contributed by atoms with Crippen LogP contribution in [0.3, 0.4) is 0 Å². The van der Waals surface area contributed by atoms with Gasteiger partial charge in [0.15, 0.2) is 5.50 Å². The SMILES string of the molecule is C1=CN2C=CCSC2N=C1. The van der Waals surface area contributed by atoms with E-state index in [0.717, 1.165) is 5.75 Å². The highest BCUT2D eigenvalue weighted by atomic mass is 32.2. The number of hydrogen-bond donors (Lipinski definition) is 0. The lowest BCUT2D eigenvalue weighted by molar-refractivity contribution is 0.478. The maximum absolute atomic E-state index is 4.28. The van der Waals surface area contributed by atoms with Crippen molar-refractivity contribution >= 4 is 18.0 Å². The van der Waals surface area contributed by atoms with E-state index in [1.54, 1.807) is 0 Å². The van der Waals surface area contributed by atoms with E-state index in [1.165, 1.54) is 0 Å². The first-order chi connectivity index (χ1) is 4.97. The van der Waals surface area contributed by atoms with Crippen LogP contribution in [0.25, 0.3) is 0 Å². The lowest BCUT2D eigenvalue weighted by Crippen LogP contribution is -2.25. The molecule has 0 saturated heterocycles. The highest BCUT2D eigenvalue weighted by Gasteiger charge is 2.15. The molecule has 0 amide bonds. The van der Waals surface area contributed by atoms with Gasteiger partial charge in [0, 0.05) is 24.4 Å². The molecule has 2 aliphatic heterocycles. The zero-order chi connectivity index (χ0) is 6.81. The number of hydrogen-bond acceptors (Lipinski definition) is 3. The molecular formula is C7H8N2S. The third-order valence-electron chi connectivity index (χ3n) is 1.43. The van der Waals surface area contributed by atoms with Crippen molar-refractivity contribution in [2.75, 3.05) is 5.75 Å². The predicted octanol–water partition coefficient (Wildman–Crippen LogP) is 1.43. The first kappa shape index (κ1) is 6.04. The Balaban J connectivity index is 2.21. The molecule has 0 fully saturated rings. The fourth-order valence-corrected chi connectivity index (χ4v) is 1.81. The number of aliphatic imine (C=N–C) groups is 1. The molecule has 1 unspecified atom stereocenters. The molecule has 3 heteroatoms. The summed E-state index contributed by atoms with van der Waals surface area (Å²) in [6.07, 6.45) is 10.1. The van der Waals surface area contributed by atoms with Crippen LogP contribution in [0.4, 0.5) is 0 Å². The zero-order valence-electron chi connectivity index (χ0n) is 5.47. The van der Waals surface area contributed by atoms with Gasteiger partial charge in [-0.2, -0.15) is 0 Å². The molecule has 0 saturated carbocycles. The summed E-state index contributed by atoms with van der Waals surface area (Å²) in [7, 11) is 0. The van der Waals surface area contributed by atoms with Gasteiger partial charge in [-0.1, -0.05) is 6.08 Å². The van der Waals surface area contributed by atoms with Crippen molar-refractivity contribution in [2.24, 2.45) is 4.99 Å². The fraction of sp³-hybridized carbons (Fsp3) is 0.286. The molecule has 2 heterocycles. The number of fused-ring (bicyclic) bond motifs is 1. The second kappa shape index (κ2) is 2.50. The second-order valence-corrected chi connectivity index (χ2v) is 3.22. The maximum atomic E-state index is 4.28. The molecule has 0 aromatic heterocycles. The number of rotatable bonds is 0. The average Bonchev–Trinajstić information content (AvgIpc) is 2.05. The Morgan fingerprint density at radius 2 is 2.50 bits per heavy atom. The Morgan fingerprint density at radius 3 is 3.40 bits per heavy atom. The van der Waals surface area contributed by atoms with Crippen LogP contribution in [0.15, 0.2) is 29.5 Å². The third kappa shape index (κ3) is 0.968. The summed E-state index contributed by atoms with van der Waals surface area (Å²) in [5.74, 6) is 1.08. The lowest BCUT2D eigenvalue weighted by atomic mass is 10.5. The van der Waals surface area contributed by atoms with Gasteiger partial charge in [-0.15, -0.1) is 11.8 Å². The van der Waals surface area contributed by atoms with E-state index < -0.39 is 0 Å². The van der Waals surface area contributed by atoms with Crippen molar-refractivity contribution in [1.29, 1.82) is 0 Å². The van der Waals surface area contributed by atoms with Crippen molar-refractivity contribution in [1.82, 2.24) is 4.90 Å². The first-order valence-electron chi connectivity index (χ1n) is 3.22. The zero-order valence-corrected chi connectivity index (χ0v) is 6.29. The maximum Gasteiger partial charge on any atom is 0.172 e. The summed E-state index contributed by atoms with van der Waals surface area (Å²) in [5.41, 5.74) is 0.301. The third-order valence-corrected chi connectivity index (χ3v) is 2.48. The lowest BCUT2D eigenvalue weighted by Gasteiger charge is -2.27. The van der Waals surface area contributed by atoms with E-state index in [-0.39, 0.29) is 0 Å². The van der Waals surface area contributed by atoms with Crippen LogP contribution in [-0.2, 0) is 0 Å². The fourth-order valence-electron chi connectivity index (χ4n) is 0.971. The molecule has 2 rings (SSSR count). The molecule has 52 valence electrons. The van der Waals surface area contributed by atoms with Crippen LogP contribution in [0.5, 0.6) is 0 Å². The summed E-state index contributed by atoms with van der Waals surface area (Å²) in [6.45, 7) is 0. The number of thioether (sulfide) groups is 1. The smallest absolute Gasteiger partial charge is 0.172 e. The predicted molar refractivity (Wildman–Crippen MR) is 44.9 cm³/mol. The molecule has 0 radical (unpaired) electrons. The summed E-state index contributed by atoms with van der Waals surface area (Å²) >= 11 is 1.84. The largest absolute Gasteiger partial charge is 0.324 e. The molecular weight excluding hydrogens is 144 g/mol. The van der Waals surface area contributed by atoms with E-state index in [2.05, 4.69) is 22.2 Å². The minimum Gasteiger partial charge on any atom is -0.324 e. The molecule has 0 aromatic carbocycles. The molecule has 2 nitrogen and oxygen atoms in total. The van der Waals surface area contributed by atoms with E-state index >= 15 is 0 Å². The van der Waals surface area contributed by atoms with Gasteiger partial charge in [-0.3, -0.25) is 4.99 Å². The van der Waals surface area contributed by atoms with Crippen LogP contribution in [0.2, 0.25) is 0 Å². The molecule has 0 aromatic rings. The molecule has 0 aliphatic carbocycles. The van der Waals surface area contributed by atoms with Crippen molar-refractivity contribution in [3.05, 3.63) is 24.6 Å². The van der Waals surface area contributed by atoms with Crippen LogP contribution >= 0.6 is 11.8 Å². The van der Waals surface area contributed by atoms with Gasteiger partial charge in [-0.25, -0.2) is 0 Å². The Morgan fingerprint density at radius 1 is 1.50 bits per heavy atom. The monoisotopic (exact) mass is 152 g/mol. The summed E-state index contributed by atoms with van der Waals surface area (Å²) in [4.78, 5) is 6.38. The summed E-state index contributed by atoms with van der Waals surface area (Å²) in [6, 6.07) is 0. The van der Waals surface area contributed by atoms with Gasteiger partial charge < -0.3 is 4.90 Å². The van der Waals surface area contributed by atoms with Gasteiger partial charge in [0.25, 0.3) is 0 Å². The van der Waals surface area contributed by atoms with Crippen LogP contribution < -0.4 is 0 Å². The Labute approximate surface area is 64.3 Å². The topological polar surface area (TPSA) is 15.6 Å². The van der Waals surface area contributed by atoms with Gasteiger partial charge in [0.05, 0.1) is 0 Å². The first-order valence-corrected chi connectivity index (χ1v) is 4.27. The quantitative estimate of drug-likeness (QED) is 0.522. The molecule has 0 N–H and O–H groups in total. The van der Waals surface area contributed by atoms with Crippen molar-refractivity contribution in [2.45, 2.75) is 5.50 Å². The highest BCUT2D eigenvalue weighted by Crippen LogP contribution is 2.23. The highest BCUT2D eigenvalue weighted by molar-refractivity contribution is 8.00. The van der Waals surface area contributed by atoms with Crippen molar-refractivity contribution in [3.63, 3.8) is 0 Å².